The highest BCUT2D eigenvalue weighted by Gasteiger charge is 2.24. The highest BCUT2D eigenvalue weighted by Crippen LogP contribution is 2.40. The molecule has 1 atom stereocenters. The Morgan fingerprint density at radius 3 is 2.25 bits per heavy atom. The molecule has 0 fully saturated rings. The fourth-order valence-corrected chi connectivity index (χ4v) is 2.80. The van der Waals surface area contributed by atoms with Crippen molar-refractivity contribution in [2.24, 2.45) is 0 Å². The Labute approximate surface area is 140 Å². The first-order valence-corrected chi connectivity index (χ1v) is 7.74. The van der Waals surface area contributed by atoms with Crippen molar-refractivity contribution in [3.05, 3.63) is 53.6 Å². The van der Waals surface area contributed by atoms with E-state index in [1.165, 1.54) is 19.4 Å². The van der Waals surface area contributed by atoms with Crippen LogP contribution in [0.5, 0.6) is 17.2 Å². The summed E-state index contributed by atoms with van der Waals surface area (Å²) in [6, 6.07) is 13.4. The Morgan fingerprint density at radius 1 is 1.00 bits per heavy atom. The van der Waals surface area contributed by atoms with Crippen LogP contribution in [-0.4, -0.2) is 18.5 Å². The molecule has 0 amide bonds. The second-order valence-electron chi connectivity index (χ2n) is 5.72. The van der Waals surface area contributed by atoms with Gasteiger partial charge in [-0.15, -0.1) is 0 Å². The van der Waals surface area contributed by atoms with E-state index in [-0.39, 0.29) is 17.4 Å². The van der Waals surface area contributed by atoms with Crippen LogP contribution >= 0.6 is 0 Å². The van der Waals surface area contributed by atoms with E-state index in [0.29, 0.717) is 12.4 Å². The van der Waals surface area contributed by atoms with Gasteiger partial charge in [0.05, 0.1) is 6.61 Å². The minimum absolute atomic E-state index is 0.189. The van der Waals surface area contributed by atoms with E-state index in [1.54, 1.807) is 12.1 Å². The van der Waals surface area contributed by atoms with Gasteiger partial charge in [-0.3, -0.25) is 9.59 Å². The van der Waals surface area contributed by atoms with Crippen LogP contribution in [0.2, 0.25) is 0 Å². The standard InChI is InChI=1S/C19H18O5/c1-12(20)23-18-9-15-8-16(14-6-4-3-5-7-14)11-22-17(15)10-19(18)24-13(2)21/h3-7,9-10,16H,8,11H2,1-2H3/t16-/m1/s1. The first-order chi connectivity index (χ1) is 11.5. The van der Waals surface area contributed by atoms with Gasteiger partial charge in [0.25, 0.3) is 0 Å². The van der Waals surface area contributed by atoms with Crippen molar-refractivity contribution < 1.29 is 23.8 Å². The Balaban J connectivity index is 1.93. The fourth-order valence-electron chi connectivity index (χ4n) is 2.80. The first kappa shape index (κ1) is 16.1. The molecular weight excluding hydrogens is 308 g/mol. The number of ether oxygens (including phenoxy) is 3. The van der Waals surface area contributed by atoms with Crippen molar-refractivity contribution in [3.8, 4) is 17.2 Å². The van der Waals surface area contributed by atoms with Crippen molar-refractivity contribution in [2.45, 2.75) is 26.2 Å². The highest BCUT2D eigenvalue weighted by atomic mass is 16.6. The maximum Gasteiger partial charge on any atom is 0.308 e. The molecule has 1 aliphatic rings. The zero-order chi connectivity index (χ0) is 17.1. The second-order valence-corrected chi connectivity index (χ2v) is 5.72. The van der Waals surface area contributed by atoms with Gasteiger partial charge in [0.15, 0.2) is 11.5 Å². The van der Waals surface area contributed by atoms with Crippen LogP contribution in [0.3, 0.4) is 0 Å². The summed E-state index contributed by atoms with van der Waals surface area (Å²) in [5.41, 5.74) is 2.11. The number of hydrogen-bond acceptors (Lipinski definition) is 5. The molecule has 0 bridgehead atoms. The van der Waals surface area contributed by atoms with Gasteiger partial charge in [-0.1, -0.05) is 30.3 Å². The molecule has 0 saturated heterocycles. The summed E-state index contributed by atoms with van der Waals surface area (Å²) < 4.78 is 16.2. The zero-order valence-electron chi connectivity index (χ0n) is 13.6. The predicted octanol–water partition coefficient (Wildman–Crippen LogP) is 3.26. The molecule has 24 heavy (non-hydrogen) atoms. The average molecular weight is 326 g/mol. The summed E-state index contributed by atoms with van der Waals surface area (Å²) >= 11 is 0. The van der Waals surface area contributed by atoms with Gasteiger partial charge in [0.1, 0.15) is 5.75 Å². The zero-order valence-corrected chi connectivity index (χ0v) is 13.6. The number of carbonyl (C=O) groups excluding carboxylic acids is 2. The van der Waals surface area contributed by atoms with Crippen LogP contribution in [0.1, 0.15) is 30.9 Å². The van der Waals surface area contributed by atoms with Crippen LogP contribution in [0, 0.1) is 0 Å². The molecule has 5 heteroatoms. The molecule has 1 aliphatic heterocycles. The third-order valence-corrected chi connectivity index (χ3v) is 3.81. The summed E-state index contributed by atoms with van der Waals surface area (Å²) in [4.78, 5) is 22.6. The third-order valence-electron chi connectivity index (χ3n) is 3.81. The number of rotatable bonds is 3. The maximum absolute atomic E-state index is 11.3. The minimum Gasteiger partial charge on any atom is -0.493 e. The molecule has 0 aromatic heterocycles. The molecule has 0 aliphatic carbocycles. The van der Waals surface area contributed by atoms with Crippen LogP contribution in [0.25, 0.3) is 0 Å². The van der Waals surface area contributed by atoms with Gasteiger partial charge in [0.2, 0.25) is 0 Å². The van der Waals surface area contributed by atoms with E-state index in [0.717, 1.165) is 12.0 Å². The monoisotopic (exact) mass is 326 g/mol. The summed E-state index contributed by atoms with van der Waals surface area (Å²) in [6.45, 7) is 3.15. The van der Waals surface area contributed by atoms with Crippen LogP contribution in [0.15, 0.2) is 42.5 Å². The van der Waals surface area contributed by atoms with E-state index in [9.17, 15) is 9.59 Å². The van der Waals surface area contributed by atoms with Gasteiger partial charge in [-0.2, -0.15) is 0 Å². The lowest BCUT2D eigenvalue weighted by Gasteiger charge is -2.26. The lowest BCUT2D eigenvalue weighted by atomic mass is 9.90. The molecule has 124 valence electrons. The van der Waals surface area contributed by atoms with E-state index in [4.69, 9.17) is 14.2 Å². The minimum atomic E-state index is -0.485. The largest absolute Gasteiger partial charge is 0.493 e. The molecule has 1 heterocycles. The molecule has 2 aromatic carbocycles. The lowest BCUT2D eigenvalue weighted by Crippen LogP contribution is -2.19. The van der Waals surface area contributed by atoms with Crippen LogP contribution in [-0.2, 0) is 16.0 Å². The van der Waals surface area contributed by atoms with Gasteiger partial charge in [-0.05, 0) is 23.6 Å². The van der Waals surface area contributed by atoms with Crippen molar-refractivity contribution >= 4 is 11.9 Å². The van der Waals surface area contributed by atoms with Gasteiger partial charge < -0.3 is 14.2 Å². The molecular formula is C19H18O5. The maximum atomic E-state index is 11.3. The van der Waals surface area contributed by atoms with Crippen molar-refractivity contribution in [3.63, 3.8) is 0 Å². The normalized spacial score (nSPS) is 15.8. The average Bonchev–Trinajstić information content (AvgIpc) is 2.55. The van der Waals surface area contributed by atoms with Crippen LogP contribution < -0.4 is 14.2 Å². The summed E-state index contributed by atoms with van der Waals surface area (Å²) in [5.74, 6) is 0.335. The van der Waals surface area contributed by atoms with Gasteiger partial charge in [-0.25, -0.2) is 0 Å². The van der Waals surface area contributed by atoms with E-state index in [1.807, 2.05) is 18.2 Å². The first-order valence-electron chi connectivity index (χ1n) is 7.74. The Hall–Kier alpha value is -2.82. The van der Waals surface area contributed by atoms with Crippen molar-refractivity contribution in [2.75, 3.05) is 6.61 Å². The smallest absolute Gasteiger partial charge is 0.308 e. The van der Waals surface area contributed by atoms with Crippen LogP contribution in [0.4, 0.5) is 0 Å². The number of fused-ring (bicyclic) bond motifs is 1. The third kappa shape index (κ3) is 3.56. The SMILES string of the molecule is CC(=O)Oc1cc2c(cc1OC(C)=O)OC[C@H](c1ccccc1)C2. The van der Waals surface area contributed by atoms with E-state index >= 15 is 0 Å². The number of carbonyl (C=O) groups is 2. The lowest BCUT2D eigenvalue weighted by molar-refractivity contribution is -0.134. The summed E-state index contributed by atoms with van der Waals surface area (Å²) in [6.07, 6.45) is 0.758. The van der Waals surface area contributed by atoms with Gasteiger partial charge >= 0.3 is 11.9 Å². The van der Waals surface area contributed by atoms with E-state index < -0.39 is 11.9 Å². The molecule has 5 nitrogen and oxygen atoms in total. The molecule has 0 spiro atoms. The molecule has 0 N–H and O–H groups in total. The topological polar surface area (TPSA) is 61.8 Å². The quantitative estimate of drug-likeness (QED) is 0.640. The molecule has 0 unspecified atom stereocenters. The Kier molecular flexibility index (Phi) is 4.51. The van der Waals surface area contributed by atoms with Crippen molar-refractivity contribution in [1.29, 1.82) is 0 Å². The van der Waals surface area contributed by atoms with E-state index in [2.05, 4.69) is 12.1 Å². The molecule has 0 saturated carbocycles. The molecule has 0 radical (unpaired) electrons. The molecule has 3 rings (SSSR count). The number of esters is 2. The highest BCUT2D eigenvalue weighted by molar-refractivity contribution is 5.74. The van der Waals surface area contributed by atoms with Gasteiger partial charge in [0, 0.05) is 25.8 Å². The summed E-state index contributed by atoms with van der Waals surface area (Å²) in [5, 5.41) is 0. The summed E-state index contributed by atoms with van der Waals surface area (Å²) in [7, 11) is 0. The molecule has 2 aromatic rings. The predicted molar refractivity (Wildman–Crippen MR) is 87.4 cm³/mol. The fraction of sp³-hybridized carbons (Fsp3) is 0.263. The number of benzene rings is 2. The Morgan fingerprint density at radius 2 is 1.62 bits per heavy atom. The Bertz CT molecular complexity index is 767. The van der Waals surface area contributed by atoms with Crippen molar-refractivity contribution in [1.82, 2.24) is 0 Å². The second kappa shape index (κ2) is 6.74. The number of hydrogen-bond donors (Lipinski definition) is 0.